The van der Waals surface area contributed by atoms with Gasteiger partial charge in [0.15, 0.2) is 0 Å². The van der Waals surface area contributed by atoms with E-state index in [9.17, 15) is 13.2 Å². The maximum Gasteiger partial charge on any atom is 0.419 e. The van der Waals surface area contributed by atoms with Crippen molar-refractivity contribution in [3.05, 3.63) is 18.0 Å². The van der Waals surface area contributed by atoms with Crippen molar-refractivity contribution < 1.29 is 13.2 Å². The highest BCUT2D eigenvalue weighted by Crippen LogP contribution is 2.28. The second-order valence-electron chi connectivity index (χ2n) is 3.34. The summed E-state index contributed by atoms with van der Waals surface area (Å²) in [6, 6.07) is 0.144. The van der Waals surface area contributed by atoms with Crippen LogP contribution in [-0.2, 0) is 12.7 Å². The maximum atomic E-state index is 12.2. The Balaban J connectivity index is 2.68. The van der Waals surface area contributed by atoms with E-state index in [-0.39, 0.29) is 6.04 Å². The van der Waals surface area contributed by atoms with Gasteiger partial charge in [-0.3, -0.25) is 4.68 Å². The average Bonchev–Trinajstić information content (AvgIpc) is 2.61. The van der Waals surface area contributed by atoms with Gasteiger partial charge in [-0.05, 0) is 13.5 Å². The van der Waals surface area contributed by atoms with Gasteiger partial charge in [0.25, 0.3) is 0 Å². The molecule has 0 bridgehead atoms. The molecule has 0 fully saturated rings. The molecule has 1 N–H and O–H groups in total. The number of nitrogens with one attached hydrogen (secondary N) is 1. The Kier molecular flexibility index (Phi) is 3.73. The number of hydrogen-bond donors (Lipinski definition) is 1. The van der Waals surface area contributed by atoms with Gasteiger partial charge in [0.05, 0.1) is 18.3 Å². The first kappa shape index (κ1) is 12.0. The van der Waals surface area contributed by atoms with Crippen LogP contribution in [0.25, 0.3) is 0 Å². The zero-order valence-electron chi connectivity index (χ0n) is 8.67. The van der Waals surface area contributed by atoms with Gasteiger partial charge < -0.3 is 5.32 Å². The van der Waals surface area contributed by atoms with Crippen molar-refractivity contribution >= 4 is 0 Å². The Morgan fingerprint density at radius 2 is 2.20 bits per heavy atom. The predicted octanol–water partition coefficient (Wildman–Crippen LogP) is 1.90. The number of nitrogens with zero attached hydrogens (tertiary/aromatic N) is 2. The molecule has 86 valence electrons. The molecule has 1 atom stereocenters. The minimum Gasteiger partial charge on any atom is -0.315 e. The van der Waals surface area contributed by atoms with Crippen LogP contribution in [0.1, 0.15) is 18.9 Å². The van der Waals surface area contributed by atoms with E-state index >= 15 is 0 Å². The highest BCUT2D eigenvalue weighted by molar-refractivity contribution is 5.08. The van der Waals surface area contributed by atoms with Gasteiger partial charge in [0, 0.05) is 12.2 Å². The first-order valence-corrected chi connectivity index (χ1v) is 4.74. The Morgan fingerprint density at radius 3 is 2.60 bits per heavy atom. The minimum absolute atomic E-state index is 0.144. The van der Waals surface area contributed by atoms with Gasteiger partial charge in [-0.2, -0.15) is 18.3 Å². The van der Waals surface area contributed by atoms with E-state index in [1.54, 1.807) is 7.05 Å². The number of rotatable bonds is 4. The van der Waals surface area contributed by atoms with E-state index in [0.717, 1.165) is 18.8 Å². The minimum atomic E-state index is -4.31. The largest absolute Gasteiger partial charge is 0.419 e. The van der Waals surface area contributed by atoms with Crippen LogP contribution in [0.15, 0.2) is 12.4 Å². The van der Waals surface area contributed by atoms with Crippen LogP contribution in [0.2, 0.25) is 0 Å². The molecule has 0 saturated carbocycles. The fraction of sp³-hybridized carbons (Fsp3) is 0.667. The number of hydrogen-bond acceptors (Lipinski definition) is 2. The normalized spacial score (nSPS) is 14.2. The second kappa shape index (κ2) is 4.65. The van der Waals surface area contributed by atoms with Gasteiger partial charge in [-0.15, -0.1) is 0 Å². The first-order valence-electron chi connectivity index (χ1n) is 4.74. The molecule has 0 amide bonds. The van der Waals surface area contributed by atoms with E-state index < -0.39 is 11.7 Å². The van der Waals surface area contributed by atoms with Crippen LogP contribution in [0.4, 0.5) is 13.2 Å². The van der Waals surface area contributed by atoms with E-state index in [1.165, 1.54) is 4.68 Å². The molecule has 0 spiro atoms. The van der Waals surface area contributed by atoms with Crippen LogP contribution in [0, 0.1) is 0 Å². The van der Waals surface area contributed by atoms with Crippen LogP contribution in [-0.4, -0.2) is 22.9 Å². The van der Waals surface area contributed by atoms with Crippen LogP contribution >= 0.6 is 0 Å². The van der Waals surface area contributed by atoms with Gasteiger partial charge in [-0.25, -0.2) is 0 Å². The Morgan fingerprint density at radius 1 is 1.53 bits per heavy atom. The van der Waals surface area contributed by atoms with Gasteiger partial charge in [0.2, 0.25) is 0 Å². The maximum absolute atomic E-state index is 12.2. The summed E-state index contributed by atoms with van der Waals surface area (Å²) in [5.74, 6) is 0. The van der Waals surface area contributed by atoms with Crippen molar-refractivity contribution in [1.29, 1.82) is 0 Å². The molecule has 15 heavy (non-hydrogen) atoms. The molecule has 1 aromatic rings. The molecule has 0 radical (unpaired) electrons. The molecule has 0 aliphatic heterocycles. The first-order chi connectivity index (χ1) is 6.97. The van der Waals surface area contributed by atoms with Crippen molar-refractivity contribution in [1.82, 2.24) is 15.1 Å². The number of halogens is 3. The summed E-state index contributed by atoms with van der Waals surface area (Å²) in [7, 11) is 1.78. The SMILES string of the molecule is CCC(Cn1cc(C(F)(F)F)cn1)NC. The molecule has 6 heteroatoms. The Hall–Kier alpha value is -1.04. The zero-order valence-corrected chi connectivity index (χ0v) is 8.67. The summed E-state index contributed by atoms with van der Waals surface area (Å²) in [6.45, 7) is 2.42. The standard InChI is InChI=1S/C9H14F3N3/c1-3-8(13-2)6-15-5-7(4-14-15)9(10,11)12/h4-5,8,13H,3,6H2,1-2H3. The highest BCUT2D eigenvalue weighted by Gasteiger charge is 2.32. The van der Waals surface area contributed by atoms with Crippen molar-refractivity contribution in [3.8, 4) is 0 Å². The lowest BCUT2D eigenvalue weighted by Gasteiger charge is -2.13. The van der Waals surface area contributed by atoms with Crippen LogP contribution in [0.3, 0.4) is 0 Å². The van der Waals surface area contributed by atoms with E-state index in [1.807, 2.05) is 6.92 Å². The molecular formula is C9H14F3N3. The molecule has 1 rings (SSSR count). The van der Waals surface area contributed by atoms with Crippen LogP contribution in [0.5, 0.6) is 0 Å². The van der Waals surface area contributed by atoms with Crippen molar-refractivity contribution in [3.63, 3.8) is 0 Å². The molecule has 0 aliphatic carbocycles. The summed E-state index contributed by atoms with van der Waals surface area (Å²) in [6.07, 6.45) is -1.58. The lowest BCUT2D eigenvalue weighted by atomic mass is 10.2. The third-order valence-electron chi connectivity index (χ3n) is 2.27. The molecule has 1 heterocycles. The topological polar surface area (TPSA) is 29.9 Å². The van der Waals surface area contributed by atoms with Crippen LogP contribution < -0.4 is 5.32 Å². The van der Waals surface area contributed by atoms with Crippen molar-refractivity contribution in [2.75, 3.05) is 7.05 Å². The molecule has 3 nitrogen and oxygen atoms in total. The highest BCUT2D eigenvalue weighted by atomic mass is 19.4. The van der Waals surface area contributed by atoms with E-state index in [0.29, 0.717) is 6.54 Å². The fourth-order valence-corrected chi connectivity index (χ4v) is 1.26. The number of alkyl halides is 3. The summed E-state index contributed by atoms with van der Waals surface area (Å²) in [5, 5.41) is 6.68. The predicted molar refractivity (Wildman–Crippen MR) is 50.4 cm³/mol. The summed E-state index contributed by atoms with van der Waals surface area (Å²) < 4.78 is 38.0. The summed E-state index contributed by atoms with van der Waals surface area (Å²) in [5.41, 5.74) is -0.701. The lowest BCUT2D eigenvalue weighted by Crippen LogP contribution is -2.29. The Bertz CT molecular complexity index is 302. The van der Waals surface area contributed by atoms with Crippen molar-refractivity contribution in [2.45, 2.75) is 32.1 Å². The molecule has 0 saturated heterocycles. The summed E-state index contributed by atoms with van der Waals surface area (Å²) >= 11 is 0. The lowest BCUT2D eigenvalue weighted by molar-refractivity contribution is -0.137. The number of likely N-dealkylation sites (N-methyl/N-ethyl adjacent to an activating group) is 1. The molecule has 0 aliphatic rings. The molecule has 1 unspecified atom stereocenters. The van der Waals surface area contributed by atoms with E-state index in [4.69, 9.17) is 0 Å². The molecular weight excluding hydrogens is 207 g/mol. The quantitative estimate of drug-likeness (QED) is 0.841. The number of aromatic nitrogens is 2. The summed E-state index contributed by atoms with van der Waals surface area (Å²) in [4.78, 5) is 0. The third-order valence-corrected chi connectivity index (χ3v) is 2.27. The Labute approximate surface area is 86.3 Å². The molecule has 0 aromatic carbocycles. The van der Waals surface area contributed by atoms with Gasteiger partial charge in [-0.1, -0.05) is 6.92 Å². The zero-order chi connectivity index (χ0) is 11.5. The smallest absolute Gasteiger partial charge is 0.315 e. The third kappa shape index (κ3) is 3.23. The fourth-order valence-electron chi connectivity index (χ4n) is 1.26. The van der Waals surface area contributed by atoms with Gasteiger partial charge >= 0.3 is 6.18 Å². The second-order valence-corrected chi connectivity index (χ2v) is 3.34. The molecule has 1 aromatic heterocycles. The average molecular weight is 221 g/mol. The monoisotopic (exact) mass is 221 g/mol. The van der Waals surface area contributed by atoms with Gasteiger partial charge in [0.1, 0.15) is 0 Å². The van der Waals surface area contributed by atoms with Crippen molar-refractivity contribution in [2.24, 2.45) is 0 Å². The van der Waals surface area contributed by atoms with E-state index in [2.05, 4.69) is 10.4 Å².